The molecule has 0 spiro atoms. The number of nitrogens with zero attached hydrogens (tertiary/aromatic N) is 1. The molecule has 0 aromatic heterocycles. The summed E-state index contributed by atoms with van der Waals surface area (Å²) in [5.41, 5.74) is 2.26. The Morgan fingerprint density at radius 3 is 2.18 bits per heavy atom. The van der Waals surface area contributed by atoms with Crippen LogP contribution in [0, 0.1) is 0 Å². The highest BCUT2D eigenvalue weighted by Crippen LogP contribution is 2.23. The van der Waals surface area contributed by atoms with Gasteiger partial charge in [0.25, 0.3) is 0 Å². The second-order valence-electron chi connectivity index (χ2n) is 8.32. The number of halogens is 3. The smallest absolute Gasteiger partial charge is 0.336 e. The second kappa shape index (κ2) is 10.1. The number of alkyl halides is 3. The van der Waals surface area contributed by atoms with Gasteiger partial charge < -0.3 is 15.5 Å². The van der Waals surface area contributed by atoms with E-state index in [1.165, 1.54) is 4.90 Å². The van der Waals surface area contributed by atoms with Crippen LogP contribution in [0.2, 0.25) is 0 Å². The van der Waals surface area contributed by atoms with E-state index >= 15 is 0 Å². The highest BCUT2D eigenvalue weighted by atomic mass is 19.4. The van der Waals surface area contributed by atoms with E-state index in [2.05, 4.69) is 19.2 Å². The summed E-state index contributed by atoms with van der Waals surface area (Å²) in [5, 5.41) is 4.54. The van der Waals surface area contributed by atoms with Gasteiger partial charge in [-0.2, -0.15) is 13.2 Å². The van der Waals surface area contributed by atoms with Gasteiger partial charge >= 0.3 is 12.1 Å². The van der Waals surface area contributed by atoms with Gasteiger partial charge in [-0.3, -0.25) is 14.4 Å². The van der Waals surface area contributed by atoms with Crippen LogP contribution < -0.4 is 10.6 Å². The van der Waals surface area contributed by atoms with Crippen LogP contribution in [0.3, 0.4) is 0 Å². The summed E-state index contributed by atoms with van der Waals surface area (Å²) in [6.07, 6.45) is -4.86. The van der Waals surface area contributed by atoms with Gasteiger partial charge in [0.1, 0.15) is 12.1 Å². The summed E-state index contributed by atoms with van der Waals surface area (Å²) >= 11 is 0. The van der Waals surface area contributed by atoms with Gasteiger partial charge in [-0.05, 0) is 35.6 Å². The van der Waals surface area contributed by atoms with Crippen LogP contribution in [0.25, 0.3) is 0 Å². The first-order valence-corrected chi connectivity index (χ1v) is 10.7. The Hall–Kier alpha value is -3.36. The lowest BCUT2D eigenvalue weighted by atomic mass is 9.97. The Labute approximate surface area is 190 Å². The predicted molar refractivity (Wildman–Crippen MR) is 117 cm³/mol. The van der Waals surface area contributed by atoms with E-state index in [4.69, 9.17) is 0 Å². The summed E-state index contributed by atoms with van der Waals surface area (Å²) in [5.74, 6) is -3.00. The van der Waals surface area contributed by atoms with Crippen LogP contribution in [-0.4, -0.2) is 47.4 Å². The van der Waals surface area contributed by atoms with E-state index in [1.807, 2.05) is 12.1 Å². The number of hydrogen-bond acceptors (Lipinski definition) is 3. The Balaban J connectivity index is 1.70. The first kappa shape index (κ1) is 24.3. The number of carbonyl (C=O) groups excluding carboxylic acids is 3. The Kier molecular flexibility index (Phi) is 7.40. The average Bonchev–Trinajstić information content (AvgIpc) is 2.72. The highest BCUT2D eigenvalue weighted by molar-refractivity contribution is 5.99. The lowest BCUT2D eigenvalue weighted by Gasteiger charge is -2.41. The molecule has 0 bridgehead atoms. The first-order chi connectivity index (χ1) is 15.6. The van der Waals surface area contributed by atoms with Gasteiger partial charge in [-0.1, -0.05) is 56.3 Å². The maximum atomic E-state index is 13.0. The molecule has 9 heteroatoms. The number of anilines is 1. The minimum absolute atomic E-state index is 0.122. The molecule has 1 saturated heterocycles. The van der Waals surface area contributed by atoms with Crippen molar-refractivity contribution in [3.8, 4) is 0 Å². The topological polar surface area (TPSA) is 78.5 Å². The number of likely N-dealkylation sites (tertiary alicyclic amines) is 1. The molecule has 2 aromatic rings. The first-order valence-electron chi connectivity index (χ1n) is 10.7. The van der Waals surface area contributed by atoms with Gasteiger partial charge in [0.15, 0.2) is 0 Å². The Morgan fingerprint density at radius 2 is 1.67 bits per heavy atom. The van der Waals surface area contributed by atoms with Gasteiger partial charge in [-0.25, -0.2) is 0 Å². The molecule has 0 radical (unpaired) electrons. The third-order valence-corrected chi connectivity index (χ3v) is 5.59. The molecule has 3 rings (SSSR count). The molecule has 6 nitrogen and oxygen atoms in total. The molecule has 0 saturated carbocycles. The third kappa shape index (κ3) is 6.12. The normalized spacial score (nSPS) is 16.7. The molecule has 0 aliphatic carbocycles. The van der Waals surface area contributed by atoms with Crippen molar-refractivity contribution in [1.29, 1.82) is 0 Å². The third-order valence-electron chi connectivity index (χ3n) is 5.59. The van der Waals surface area contributed by atoms with Crippen molar-refractivity contribution in [3.63, 3.8) is 0 Å². The summed E-state index contributed by atoms with van der Waals surface area (Å²) < 4.78 is 38.5. The standard InChI is InChI=1S/C24H26F3N3O3/c1-15(2)17-8-10-18(11-9-17)28-21(31)20-12-13-30(20)22(32)19(29-23(33)24(25,26)27)14-16-6-4-3-5-7-16/h3-11,15,19-20H,12-14H2,1-2H3,(H,28,31)(H,29,33). The molecule has 33 heavy (non-hydrogen) atoms. The fraction of sp³-hybridized carbons (Fsp3) is 0.375. The number of hydrogen-bond donors (Lipinski definition) is 2. The summed E-state index contributed by atoms with van der Waals surface area (Å²) in [4.78, 5) is 38.5. The maximum absolute atomic E-state index is 13.0. The molecule has 2 N–H and O–H groups in total. The second-order valence-corrected chi connectivity index (χ2v) is 8.32. The average molecular weight is 461 g/mol. The minimum atomic E-state index is -5.12. The lowest BCUT2D eigenvalue weighted by molar-refractivity contribution is -0.175. The Morgan fingerprint density at radius 1 is 1.03 bits per heavy atom. The van der Waals surface area contributed by atoms with E-state index in [-0.39, 0.29) is 13.0 Å². The SMILES string of the molecule is CC(C)c1ccc(NC(=O)C2CCN2C(=O)C(Cc2ccccc2)NC(=O)C(F)(F)F)cc1. The number of amides is 3. The van der Waals surface area contributed by atoms with Crippen molar-refractivity contribution in [3.05, 3.63) is 65.7 Å². The number of benzene rings is 2. The van der Waals surface area contributed by atoms with Gasteiger partial charge in [0, 0.05) is 18.7 Å². The molecule has 1 aliphatic rings. The molecule has 3 amide bonds. The number of carbonyl (C=O) groups is 3. The van der Waals surface area contributed by atoms with Crippen LogP contribution in [0.4, 0.5) is 18.9 Å². The quantitative estimate of drug-likeness (QED) is 0.661. The van der Waals surface area contributed by atoms with Crippen molar-refractivity contribution in [2.75, 3.05) is 11.9 Å². The van der Waals surface area contributed by atoms with Crippen LogP contribution >= 0.6 is 0 Å². The fourth-order valence-electron chi connectivity index (χ4n) is 3.59. The number of rotatable bonds is 7. The van der Waals surface area contributed by atoms with E-state index in [0.29, 0.717) is 23.6 Å². The van der Waals surface area contributed by atoms with E-state index in [0.717, 1.165) is 5.56 Å². The largest absolute Gasteiger partial charge is 0.471 e. The lowest BCUT2D eigenvalue weighted by Crippen LogP contribution is -2.62. The summed E-state index contributed by atoms with van der Waals surface area (Å²) in [7, 11) is 0. The monoisotopic (exact) mass is 461 g/mol. The molecule has 176 valence electrons. The van der Waals surface area contributed by atoms with E-state index < -0.39 is 36.0 Å². The minimum Gasteiger partial charge on any atom is -0.336 e. The van der Waals surface area contributed by atoms with Crippen molar-refractivity contribution in [1.82, 2.24) is 10.2 Å². The van der Waals surface area contributed by atoms with E-state index in [9.17, 15) is 27.6 Å². The van der Waals surface area contributed by atoms with Crippen LogP contribution in [0.15, 0.2) is 54.6 Å². The van der Waals surface area contributed by atoms with Crippen LogP contribution in [0.1, 0.15) is 37.3 Å². The van der Waals surface area contributed by atoms with Crippen LogP contribution in [0.5, 0.6) is 0 Å². The zero-order valence-electron chi connectivity index (χ0n) is 18.4. The fourth-order valence-corrected chi connectivity index (χ4v) is 3.59. The summed E-state index contributed by atoms with van der Waals surface area (Å²) in [6.45, 7) is 4.32. The van der Waals surface area contributed by atoms with Crippen LogP contribution in [-0.2, 0) is 20.8 Å². The molecule has 1 aliphatic heterocycles. The van der Waals surface area contributed by atoms with Crippen molar-refractivity contribution in [2.45, 2.75) is 50.9 Å². The molecule has 1 heterocycles. The predicted octanol–water partition coefficient (Wildman–Crippen LogP) is 3.64. The molecule has 2 aromatic carbocycles. The van der Waals surface area contributed by atoms with Gasteiger partial charge in [0.05, 0.1) is 0 Å². The molecular weight excluding hydrogens is 435 g/mol. The Bertz CT molecular complexity index is 992. The van der Waals surface area contributed by atoms with Crippen molar-refractivity contribution >= 4 is 23.4 Å². The van der Waals surface area contributed by atoms with E-state index in [1.54, 1.807) is 47.8 Å². The van der Waals surface area contributed by atoms with Gasteiger partial charge in [0.2, 0.25) is 11.8 Å². The van der Waals surface area contributed by atoms with Crippen molar-refractivity contribution in [2.24, 2.45) is 0 Å². The maximum Gasteiger partial charge on any atom is 0.471 e. The molecule has 1 fully saturated rings. The molecular formula is C24H26F3N3O3. The van der Waals surface area contributed by atoms with Gasteiger partial charge in [-0.15, -0.1) is 0 Å². The molecule has 2 atom stereocenters. The zero-order chi connectivity index (χ0) is 24.2. The summed E-state index contributed by atoms with van der Waals surface area (Å²) in [6, 6.07) is 13.5. The molecule has 2 unspecified atom stereocenters. The zero-order valence-corrected chi connectivity index (χ0v) is 18.4. The number of nitrogens with one attached hydrogen (secondary N) is 2. The van der Waals surface area contributed by atoms with Crippen molar-refractivity contribution < 1.29 is 27.6 Å². The highest BCUT2D eigenvalue weighted by Gasteiger charge is 2.44.